The molecule has 0 aromatic heterocycles. The summed E-state index contributed by atoms with van der Waals surface area (Å²) < 4.78 is 0. The highest BCUT2D eigenvalue weighted by Gasteiger charge is 2.39. The van der Waals surface area contributed by atoms with Crippen LogP contribution in [-0.4, -0.2) is 0 Å². The molecule has 0 heterocycles. The van der Waals surface area contributed by atoms with Gasteiger partial charge in [0.1, 0.15) is 0 Å². The largest absolute Gasteiger partial charge is 0.310 e. The van der Waals surface area contributed by atoms with E-state index in [1.807, 2.05) is 42.5 Å². The van der Waals surface area contributed by atoms with E-state index in [9.17, 15) is 10.5 Å². The van der Waals surface area contributed by atoms with Crippen molar-refractivity contribution in [3.8, 4) is 23.3 Å². The van der Waals surface area contributed by atoms with Gasteiger partial charge in [-0.2, -0.15) is 10.5 Å². The Labute approximate surface area is 288 Å². The first-order chi connectivity index (χ1) is 24.0. The molecule has 49 heavy (non-hydrogen) atoms. The molecule has 0 bridgehead atoms. The van der Waals surface area contributed by atoms with Gasteiger partial charge in [0, 0.05) is 33.9 Å². The average molecular weight is 631 g/mol. The topological polar surface area (TPSA) is 54.1 Å². The minimum atomic E-state index is -0.282. The van der Waals surface area contributed by atoms with Gasteiger partial charge < -0.3 is 9.80 Å². The lowest BCUT2D eigenvalue weighted by atomic mass is 9.80. The molecular weight excluding hydrogens is 597 g/mol. The lowest BCUT2D eigenvalue weighted by Crippen LogP contribution is -2.19. The number of allylic oxidation sites excluding steroid dienone is 1. The summed E-state index contributed by atoms with van der Waals surface area (Å²) in [4.78, 5) is 4.62. The number of para-hydroxylation sites is 2. The van der Waals surface area contributed by atoms with Gasteiger partial charge in [-0.1, -0.05) is 68.5 Å². The number of rotatable bonds is 6. The first-order valence-corrected chi connectivity index (χ1v) is 16.7. The Kier molecular flexibility index (Phi) is 7.36. The molecule has 8 rings (SSSR count). The van der Waals surface area contributed by atoms with E-state index in [-0.39, 0.29) is 5.41 Å². The first kappa shape index (κ1) is 30.0. The van der Waals surface area contributed by atoms with Crippen molar-refractivity contribution >= 4 is 40.2 Å². The molecule has 4 nitrogen and oxygen atoms in total. The van der Waals surface area contributed by atoms with Gasteiger partial charge >= 0.3 is 0 Å². The molecule has 0 aliphatic heterocycles. The third kappa shape index (κ3) is 5.07. The smallest absolute Gasteiger partial charge is 0.0991 e. The molecule has 2 aliphatic rings. The fourth-order valence-corrected chi connectivity index (χ4v) is 7.54. The van der Waals surface area contributed by atoms with Gasteiger partial charge in [-0.15, -0.1) is 0 Å². The predicted octanol–water partition coefficient (Wildman–Crippen LogP) is 11.6. The fraction of sp³-hybridized carbons (Fsp3) is 0.111. The molecule has 0 saturated heterocycles. The molecule has 0 atom stereocenters. The Balaban J connectivity index is 1.32. The second kappa shape index (κ2) is 12.0. The Bertz CT molecular complexity index is 2300. The Hall–Kier alpha value is -6.36. The summed E-state index contributed by atoms with van der Waals surface area (Å²) in [6.45, 7) is 4.68. The van der Waals surface area contributed by atoms with Crippen LogP contribution in [0.15, 0.2) is 140 Å². The summed E-state index contributed by atoms with van der Waals surface area (Å²) in [5.74, 6) is 0. The second-order valence-electron chi connectivity index (χ2n) is 13.2. The van der Waals surface area contributed by atoms with E-state index in [0.717, 1.165) is 41.3 Å². The molecule has 0 unspecified atom stereocenters. The lowest BCUT2D eigenvalue weighted by Gasteiger charge is -2.32. The highest BCUT2D eigenvalue weighted by molar-refractivity contribution is 5.95. The molecular formula is C45H34N4. The van der Waals surface area contributed by atoms with Crippen molar-refractivity contribution < 1.29 is 0 Å². The quantitative estimate of drug-likeness (QED) is 0.184. The van der Waals surface area contributed by atoms with Gasteiger partial charge in [0.15, 0.2) is 0 Å². The van der Waals surface area contributed by atoms with E-state index in [2.05, 4.69) is 139 Å². The van der Waals surface area contributed by atoms with Crippen LogP contribution in [0.25, 0.3) is 17.2 Å². The van der Waals surface area contributed by atoms with Gasteiger partial charge in [-0.05, 0) is 137 Å². The maximum atomic E-state index is 9.53. The van der Waals surface area contributed by atoms with Crippen LogP contribution in [0.4, 0.5) is 34.1 Å². The molecule has 0 saturated carbocycles. The van der Waals surface area contributed by atoms with E-state index in [1.54, 1.807) is 0 Å². The minimum Gasteiger partial charge on any atom is -0.310 e. The van der Waals surface area contributed by atoms with E-state index in [0.29, 0.717) is 11.1 Å². The first-order valence-electron chi connectivity index (χ1n) is 16.7. The van der Waals surface area contributed by atoms with Gasteiger partial charge in [0.05, 0.1) is 29.0 Å². The summed E-state index contributed by atoms with van der Waals surface area (Å²) >= 11 is 0. The maximum Gasteiger partial charge on any atom is 0.0991 e. The average Bonchev–Trinajstić information content (AvgIpc) is 3.38. The van der Waals surface area contributed by atoms with E-state index in [4.69, 9.17) is 0 Å². The predicted molar refractivity (Wildman–Crippen MR) is 200 cm³/mol. The molecule has 0 N–H and O–H groups in total. The molecule has 6 aromatic rings. The Morgan fingerprint density at radius 3 is 1.69 bits per heavy atom. The van der Waals surface area contributed by atoms with Gasteiger partial charge in [0.25, 0.3) is 0 Å². The van der Waals surface area contributed by atoms with Crippen LogP contribution in [0.1, 0.15) is 53.6 Å². The number of anilines is 6. The maximum absolute atomic E-state index is 9.53. The molecule has 4 heteroatoms. The summed E-state index contributed by atoms with van der Waals surface area (Å²) in [5, 5.41) is 19.0. The summed E-state index contributed by atoms with van der Waals surface area (Å²) in [7, 11) is 0. The third-order valence-electron chi connectivity index (χ3n) is 9.96. The summed E-state index contributed by atoms with van der Waals surface area (Å²) in [6.07, 6.45) is 6.57. The van der Waals surface area contributed by atoms with Gasteiger partial charge in [-0.25, -0.2) is 0 Å². The van der Waals surface area contributed by atoms with Crippen LogP contribution in [0.2, 0.25) is 0 Å². The molecule has 6 aromatic carbocycles. The Morgan fingerprint density at radius 2 is 1.10 bits per heavy atom. The van der Waals surface area contributed by atoms with Crippen LogP contribution in [0.5, 0.6) is 0 Å². The van der Waals surface area contributed by atoms with Crippen molar-refractivity contribution in [1.29, 1.82) is 10.5 Å². The number of fused-ring (bicyclic) bond motifs is 5. The minimum absolute atomic E-state index is 0.282. The monoisotopic (exact) mass is 630 g/mol. The number of hydrogen-bond acceptors (Lipinski definition) is 4. The summed E-state index contributed by atoms with van der Waals surface area (Å²) in [5.41, 5.74) is 15.2. The zero-order valence-corrected chi connectivity index (χ0v) is 27.6. The molecule has 2 aliphatic carbocycles. The van der Waals surface area contributed by atoms with Crippen molar-refractivity contribution in [3.05, 3.63) is 173 Å². The van der Waals surface area contributed by atoms with Crippen LogP contribution >= 0.6 is 0 Å². The molecule has 0 radical (unpaired) electrons. The SMILES string of the molecule is CC1(C)c2cc(N(c3ccccc3)c3ccc(C#N)cc3)ccc2-c2c1cc(N(c1ccccc1)c1ccc(C#N)cc1)c1c2C=CCC1. The molecule has 234 valence electrons. The lowest BCUT2D eigenvalue weighted by molar-refractivity contribution is 0.660. The van der Waals surface area contributed by atoms with Crippen molar-refractivity contribution in [2.24, 2.45) is 0 Å². The van der Waals surface area contributed by atoms with Crippen molar-refractivity contribution in [3.63, 3.8) is 0 Å². The molecule has 0 amide bonds. The van der Waals surface area contributed by atoms with Crippen molar-refractivity contribution in [2.45, 2.75) is 32.1 Å². The van der Waals surface area contributed by atoms with Crippen LogP contribution in [0, 0.1) is 22.7 Å². The van der Waals surface area contributed by atoms with Crippen molar-refractivity contribution in [2.75, 3.05) is 9.80 Å². The highest BCUT2D eigenvalue weighted by atomic mass is 15.1. The second-order valence-corrected chi connectivity index (χ2v) is 13.2. The third-order valence-corrected chi connectivity index (χ3v) is 9.96. The van der Waals surface area contributed by atoms with E-state index < -0.39 is 0 Å². The molecule has 0 spiro atoms. The number of nitrogens with zero attached hydrogens (tertiary/aromatic N) is 4. The highest BCUT2D eigenvalue weighted by Crippen LogP contribution is 2.56. The number of nitriles is 2. The Morgan fingerprint density at radius 1 is 0.571 bits per heavy atom. The summed E-state index contributed by atoms with van der Waals surface area (Å²) in [6, 6.07) is 50.5. The normalized spacial score (nSPS) is 13.4. The van der Waals surface area contributed by atoms with Gasteiger partial charge in [0.2, 0.25) is 0 Å². The standard InChI is InChI=1S/C45H34N4/c1-45(2)41-27-37(48(33-11-5-3-6-12-33)35-21-17-31(29-46)18-22-35)25-26-40(41)44-39-16-10-9-15-38(39)43(28-42(44)45)49(34-13-7-4-8-14-34)36-23-19-32(30-47)20-24-36/h3-8,10-14,16-28H,9,15H2,1-2H3. The number of hydrogen-bond donors (Lipinski definition) is 0. The number of benzene rings is 6. The van der Waals surface area contributed by atoms with Crippen molar-refractivity contribution in [1.82, 2.24) is 0 Å². The fourth-order valence-electron chi connectivity index (χ4n) is 7.54. The zero-order chi connectivity index (χ0) is 33.5. The van der Waals surface area contributed by atoms with Crippen LogP contribution in [-0.2, 0) is 11.8 Å². The van der Waals surface area contributed by atoms with Gasteiger partial charge in [-0.3, -0.25) is 0 Å². The zero-order valence-electron chi connectivity index (χ0n) is 27.6. The van der Waals surface area contributed by atoms with Crippen LogP contribution < -0.4 is 9.80 Å². The van der Waals surface area contributed by atoms with E-state index >= 15 is 0 Å². The van der Waals surface area contributed by atoms with E-state index in [1.165, 1.54) is 39.1 Å². The molecule has 0 fully saturated rings. The van der Waals surface area contributed by atoms with Crippen LogP contribution in [0.3, 0.4) is 0 Å².